The first-order valence-electron chi connectivity index (χ1n) is 5.98. The summed E-state index contributed by atoms with van der Waals surface area (Å²) in [5, 5.41) is 5.80. The maximum atomic E-state index is 11.7. The van der Waals surface area contributed by atoms with E-state index in [2.05, 4.69) is 10.6 Å². The van der Waals surface area contributed by atoms with E-state index in [1.54, 1.807) is 37.6 Å². The number of carbonyl (C=O) groups is 1. The Bertz CT molecular complexity index is 434. The molecule has 0 aliphatic heterocycles. The number of nitrogens with one attached hydrogen (secondary N) is 2. The first-order valence-corrected chi connectivity index (χ1v) is 7.71. The van der Waals surface area contributed by atoms with Crippen molar-refractivity contribution in [3.8, 4) is 5.75 Å². The number of ether oxygens (including phenoxy) is 1. The molecule has 0 saturated carbocycles. The third-order valence-electron chi connectivity index (χ3n) is 2.47. The molecule has 1 amide bonds. The molecule has 19 heavy (non-hydrogen) atoms. The summed E-state index contributed by atoms with van der Waals surface area (Å²) in [6, 6.07) is 7.17. The van der Waals surface area contributed by atoms with Gasteiger partial charge in [0.2, 0.25) is 5.91 Å². The summed E-state index contributed by atoms with van der Waals surface area (Å²) in [5.74, 6) is 1.16. The summed E-state index contributed by atoms with van der Waals surface area (Å²) in [6.45, 7) is 2.10. The number of benzene rings is 1. The van der Waals surface area contributed by atoms with Crippen LogP contribution < -0.4 is 15.4 Å². The van der Waals surface area contributed by atoms with Gasteiger partial charge in [0.1, 0.15) is 5.75 Å². The highest BCUT2D eigenvalue weighted by Crippen LogP contribution is 2.14. The minimum atomic E-state index is -0.860. The number of amides is 1. The molecule has 5 nitrogen and oxygen atoms in total. The first-order chi connectivity index (χ1) is 9.01. The van der Waals surface area contributed by atoms with Gasteiger partial charge < -0.3 is 15.4 Å². The summed E-state index contributed by atoms with van der Waals surface area (Å²) in [4.78, 5) is 11.7. The molecule has 2 N–H and O–H groups in total. The molecule has 1 rings (SSSR count). The van der Waals surface area contributed by atoms with E-state index in [0.29, 0.717) is 5.75 Å². The zero-order valence-corrected chi connectivity index (χ0v) is 12.3. The number of hydrogen-bond acceptors (Lipinski definition) is 4. The van der Waals surface area contributed by atoms with Crippen LogP contribution in [-0.2, 0) is 15.6 Å². The Balaban J connectivity index is 2.36. The average Bonchev–Trinajstić information content (AvgIpc) is 2.36. The standard InChI is InChI=1S/C13H20N2O3S/c1-10(9-19(3)17)14-8-13(16)15-11-4-6-12(18-2)7-5-11/h4-7,10,14H,8-9H2,1-3H3,(H,15,16). The van der Waals surface area contributed by atoms with Crippen LogP contribution in [0, 0.1) is 0 Å². The van der Waals surface area contributed by atoms with Crippen LogP contribution in [0.2, 0.25) is 0 Å². The highest BCUT2D eigenvalue weighted by atomic mass is 32.2. The van der Waals surface area contributed by atoms with Crippen molar-refractivity contribution in [3.63, 3.8) is 0 Å². The van der Waals surface area contributed by atoms with Crippen molar-refractivity contribution in [1.82, 2.24) is 5.32 Å². The van der Waals surface area contributed by atoms with E-state index in [1.165, 1.54) is 0 Å². The van der Waals surface area contributed by atoms with E-state index in [-0.39, 0.29) is 18.5 Å². The van der Waals surface area contributed by atoms with Gasteiger partial charge >= 0.3 is 0 Å². The van der Waals surface area contributed by atoms with Gasteiger partial charge in [0.15, 0.2) is 0 Å². The van der Waals surface area contributed by atoms with Gasteiger partial charge in [0, 0.05) is 34.5 Å². The lowest BCUT2D eigenvalue weighted by molar-refractivity contribution is -0.115. The minimum Gasteiger partial charge on any atom is -0.497 e. The van der Waals surface area contributed by atoms with Gasteiger partial charge in [0.05, 0.1) is 13.7 Å². The lowest BCUT2D eigenvalue weighted by atomic mass is 10.3. The molecule has 2 unspecified atom stereocenters. The summed E-state index contributed by atoms with van der Waals surface area (Å²) in [5.41, 5.74) is 0.722. The van der Waals surface area contributed by atoms with Gasteiger partial charge in [-0.1, -0.05) is 0 Å². The predicted octanol–water partition coefficient (Wildman–Crippen LogP) is 0.990. The van der Waals surface area contributed by atoms with E-state index in [4.69, 9.17) is 4.74 Å². The number of anilines is 1. The fourth-order valence-corrected chi connectivity index (χ4v) is 2.38. The maximum absolute atomic E-state index is 11.7. The zero-order valence-electron chi connectivity index (χ0n) is 11.4. The summed E-state index contributed by atoms with van der Waals surface area (Å²) in [7, 11) is 0.734. The molecular formula is C13H20N2O3S. The van der Waals surface area contributed by atoms with Gasteiger partial charge in [-0.3, -0.25) is 9.00 Å². The predicted molar refractivity (Wildman–Crippen MR) is 78.0 cm³/mol. The molecule has 0 aliphatic rings. The Labute approximate surface area is 116 Å². The van der Waals surface area contributed by atoms with Crippen LogP contribution >= 0.6 is 0 Å². The van der Waals surface area contributed by atoms with E-state index >= 15 is 0 Å². The second-order valence-corrected chi connectivity index (χ2v) is 5.78. The lowest BCUT2D eigenvalue weighted by Gasteiger charge is -2.12. The topological polar surface area (TPSA) is 67.4 Å². The van der Waals surface area contributed by atoms with Crippen LogP contribution in [0.15, 0.2) is 24.3 Å². The van der Waals surface area contributed by atoms with Crippen LogP contribution in [0.25, 0.3) is 0 Å². The number of hydrogen-bond donors (Lipinski definition) is 2. The molecule has 1 aromatic carbocycles. The molecule has 106 valence electrons. The molecule has 0 saturated heterocycles. The maximum Gasteiger partial charge on any atom is 0.238 e. The summed E-state index contributed by atoms with van der Waals surface area (Å²) >= 11 is 0. The van der Waals surface area contributed by atoms with Gasteiger partial charge in [0.25, 0.3) is 0 Å². The Hall–Kier alpha value is -1.40. The lowest BCUT2D eigenvalue weighted by Crippen LogP contribution is -2.37. The van der Waals surface area contributed by atoms with Crippen LogP contribution in [0.3, 0.4) is 0 Å². The molecular weight excluding hydrogens is 264 g/mol. The van der Waals surface area contributed by atoms with Crippen LogP contribution in [-0.4, -0.2) is 41.8 Å². The second kappa shape index (κ2) is 7.91. The molecule has 1 aromatic rings. The normalized spacial score (nSPS) is 13.6. The Morgan fingerprint density at radius 1 is 1.37 bits per heavy atom. The quantitative estimate of drug-likeness (QED) is 0.783. The van der Waals surface area contributed by atoms with Gasteiger partial charge in [-0.05, 0) is 31.2 Å². The largest absolute Gasteiger partial charge is 0.497 e. The van der Waals surface area contributed by atoms with Crippen LogP contribution in [0.5, 0.6) is 5.75 Å². The Morgan fingerprint density at radius 2 is 2.00 bits per heavy atom. The Morgan fingerprint density at radius 3 is 2.53 bits per heavy atom. The minimum absolute atomic E-state index is 0.0486. The number of methoxy groups -OCH3 is 1. The molecule has 0 radical (unpaired) electrons. The van der Waals surface area contributed by atoms with Crippen molar-refractivity contribution in [2.24, 2.45) is 0 Å². The smallest absolute Gasteiger partial charge is 0.238 e. The van der Waals surface area contributed by atoms with Gasteiger partial charge in [-0.15, -0.1) is 0 Å². The summed E-state index contributed by atoms with van der Waals surface area (Å²) < 4.78 is 16.0. The monoisotopic (exact) mass is 284 g/mol. The number of rotatable bonds is 7. The SMILES string of the molecule is COc1ccc(NC(=O)CNC(C)CS(C)=O)cc1. The molecule has 0 bridgehead atoms. The number of carbonyl (C=O) groups excluding carboxylic acids is 1. The zero-order chi connectivity index (χ0) is 14.3. The van der Waals surface area contributed by atoms with Crippen LogP contribution in [0.1, 0.15) is 6.92 Å². The molecule has 0 spiro atoms. The molecule has 0 fully saturated rings. The Kier molecular flexibility index (Phi) is 6.52. The summed E-state index contributed by atoms with van der Waals surface area (Å²) in [6.07, 6.45) is 1.65. The van der Waals surface area contributed by atoms with Crippen molar-refractivity contribution in [2.45, 2.75) is 13.0 Å². The van der Waals surface area contributed by atoms with Crippen molar-refractivity contribution in [2.75, 3.05) is 31.0 Å². The molecule has 0 aromatic heterocycles. The average molecular weight is 284 g/mol. The van der Waals surface area contributed by atoms with E-state index in [9.17, 15) is 9.00 Å². The van der Waals surface area contributed by atoms with E-state index in [0.717, 1.165) is 11.4 Å². The van der Waals surface area contributed by atoms with E-state index < -0.39 is 10.8 Å². The van der Waals surface area contributed by atoms with Gasteiger partial charge in [-0.2, -0.15) is 0 Å². The highest BCUT2D eigenvalue weighted by molar-refractivity contribution is 7.84. The van der Waals surface area contributed by atoms with Crippen LogP contribution in [0.4, 0.5) is 5.69 Å². The third-order valence-corrected chi connectivity index (χ3v) is 3.44. The van der Waals surface area contributed by atoms with Crippen molar-refractivity contribution < 1.29 is 13.7 Å². The van der Waals surface area contributed by atoms with Crippen molar-refractivity contribution in [1.29, 1.82) is 0 Å². The third kappa shape index (κ3) is 6.35. The molecule has 0 heterocycles. The molecule has 2 atom stereocenters. The molecule has 6 heteroatoms. The van der Waals surface area contributed by atoms with Gasteiger partial charge in [-0.25, -0.2) is 0 Å². The first kappa shape index (κ1) is 15.7. The second-order valence-electron chi connectivity index (χ2n) is 4.30. The van der Waals surface area contributed by atoms with Crippen molar-refractivity contribution in [3.05, 3.63) is 24.3 Å². The highest BCUT2D eigenvalue weighted by Gasteiger charge is 2.07. The van der Waals surface area contributed by atoms with E-state index in [1.807, 2.05) is 6.92 Å². The molecule has 0 aliphatic carbocycles. The van der Waals surface area contributed by atoms with Crippen molar-refractivity contribution >= 4 is 22.4 Å². The fourth-order valence-electron chi connectivity index (χ4n) is 1.56. The fraction of sp³-hybridized carbons (Fsp3) is 0.462.